The number of aryl methyl sites for hydroxylation is 2. The number of nitrogens with one attached hydrogen (secondary N) is 3. The van der Waals surface area contributed by atoms with Crippen LogP contribution in [-0.4, -0.2) is 43.1 Å². The lowest BCUT2D eigenvalue weighted by molar-refractivity contribution is -0.121. The largest absolute Gasteiger partial charge is 0.444 e. The van der Waals surface area contributed by atoms with Crippen LogP contribution in [0.2, 0.25) is 0 Å². The van der Waals surface area contributed by atoms with Gasteiger partial charge in [-0.15, -0.1) is 0 Å². The van der Waals surface area contributed by atoms with E-state index in [0.717, 1.165) is 5.56 Å². The number of carbonyl (C=O) groups is 3. The molecule has 1 aromatic carbocycles. The summed E-state index contributed by atoms with van der Waals surface area (Å²) in [4.78, 5) is 35.0. The van der Waals surface area contributed by atoms with Crippen molar-refractivity contribution in [3.8, 4) is 0 Å². The van der Waals surface area contributed by atoms with E-state index in [1.54, 1.807) is 20.8 Å². The van der Waals surface area contributed by atoms with E-state index in [2.05, 4.69) is 16.0 Å². The maximum Gasteiger partial charge on any atom is 0.407 e. The fourth-order valence-electron chi connectivity index (χ4n) is 2.33. The van der Waals surface area contributed by atoms with E-state index in [0.29, 0.717) is 32.4 Å². The molecule has 3 N–H and O–H groups in total. The Balaban J connectivity index is 2.02. The van der Waals surface area contributed by atoms with Crippen LogP contribution in [-0.2, 0) is 20.7 Å². The predicted octanol–water partition coefficient (Wildman–Crippen LogP) is 2.46. The van der Waals surface area contributed by atoms with Gasteiger partial charge in [-0.25, -0.2) is 4.79 Å². The Morgan fingerprint density at radius 3 is 2.00 bits per heavy atom. The third-order valence-electron chi connectivity index (χ3n) is 3.78. The lowest BCUT2D eigenvalue weighted by atomic mass is 10.1. The van der Waals surface area contributed by atoms with Gasteiger partial charge in [0.15, 0.2) is 0 Å². The van der Waals surface area contributed by atoms with Crippen LogP contribution in [0, 0.1) is 6.92 Å². The molecule has 0 saturated heterocycles. The molecule has 0 heterocycles. The summed E-state index contributed by atoms with van der Waals surface area (Å²) in [6.07, 6.45) is 1.47. The van der Waals surface area contributed by atoms with Crippen molar-refractivity contribution in [1.29, 1.82) is 0 Å². The van der Waals surface area contributed by atoms with Crippen molar-refractivity contribution in [2.75, 3.05) is 19.6 Å². The molecule has 28 heavy (non-hydrogen) atoms. The third-order valence-corrected chi connectivity index (χ3v) is 3.78. The quantitative estimate of drug-likeness (QED) is 0.534. The summed E-state index contributed by atoms with van der Waals surface area (Å²) in [6.45, 7) is 8.58. The van der Waals surface area contributed by atoms with Crippen molar-refractivity contribution in [1.82, 2.24) is 16.0 Å². The number of benzene rings is 1. The van der Waals surface area contributed by atoms with Gasteiger partial charge in [0.2, 0.25) is 11.8 Å². The molecule has 0 spiro atoms. The highest BCUT2D eigenvalue weighted by atomic mass is 16.6. The van der Waals surface area contributed by atoms with E-state index in [9.17, 15) is 14.4 Å². The normalized spacial score (nSPS) is 10.9. The minimum atomic E-state index is -0.559. The molecule has 7 heteroatoms. The average molecular weight is 392 g/mol. The molecule has 1 aromatic rings. The van der Waals surface area contributed by atoms with Gasteiger partial charge in [-0.2, -0.15) is 0 Å². The van der Waals surface area contributed by atoms with Crippen LogP contribution in [0.25, 0.3) is 0 Å². The lowest BCUT2D eigenvalue weighted by Gasteiger charge is -2.19. The second kappa shape index (κ2) is 12.0. The third kappa shape index (κ3) is 11.9. The molecule has 0 aliphatic carbocycles. The van der Waals surface area contributed by atoms with Crippen LogP contribution in [0.5, 0.6) is 0 Å². The molecule has 0 unspecified atom stereocenters. The van der Waals surface area contributed by atoms with Gasteiger partial charge in [-0.3, -0.25) is 9.59 Å². The van der Waals surface area contributed by atoms with Crippen LogP contribution in [0.1, 0.15) is 51.2 Å². The van der Waals surface area contributed by atoms with E-state index >= 15 is 0 Å². The van der Waals surface area contributed by atoms with Gasteiger partial charge in [0.05, 0.1) is 0 Å². The number of amides is 3. The summed E-state index contributed by atoms with van der Waals surface area (Å²) in [7, 11) is 0. The Labute approximate surface area is 167 Å². The summed E-state index contributed by atoms with van der Waals surface area (Å²) in [6, 6.07) is 8.16. The first kappa shape index (κ1) is 23.5. The molecule has 0 aromatic heterocycles. The Morgan fingerprint density at radius 1 is 0.857 bits per heavy atom. The Morgan fingerprint density at radius 2 is 1.43 bits per heavy atom. The van der Waals surface area contributed by atoms with E-state index in [4.69, 9.17) is 4.74 Å². The summed E-state index contributed by atoms with van der Waals surface area (Å²) >= 11 is 0. The number of carbonyl (C=O) groups excluding carboxylic acids is 3. The van der Waals surface area contributed by atoms with Crippen LogP contribution in [0.4, 0.5) is 4.79 Å². The summed E-state index contributed by atoms with van der Waals surface area (Å²) in [5, 5.41) is 8.15. The zero-order valence-corrected chi connectivity index (χ0v) is 17.4. The number of ether oxygens (including phenoxy) is 1. The van der Waals surface area contributed by atoms with Crippen LogP contribution >= 0.6 is 0 Å². The zero-order valence-electron chi connectivity index (χ0n) is 17.4. The molecule has 0 fully saturated rings. The molecule has 0 radical (unpaired) electrons. The second-order valence-corrected chi connectivity index (χ2v) is 7.72. The SMILES string of the molecule is Cc1ccc(CCC(=O)NCCCNC(=O)CCNC(=O)OC(C)(C)C)cc1. The van der Waals surface area contributed by atoms with Gasteiger partial charge >= 0.3 is 6.09 Å². The molecule has 3 amide bonds. The van der Waals surface area contributed by atoms with E-state index < -0.39 is 11.7 Å². The van der Waals surface area contributed by atoms with Crippen molar-refractivity contribution in [2.24, 2.45) is 0 Å². The molecule has 156 valence electrons. The average Bonchev–Trinajstić information content (AvgIpc) is 2.59. The lowest BCUT2D eigenvalue weighted by Crippen LogP contribution is -2.35. The van der Waals surface area contributed by atoms with E-state index in [1.165, 1.54) is 5.56 Å². The molecule has 0 atom stereocenters. The number of alkyl carbamates (subject to hydrolysis) is 1. The van der Waals surface area contributed by atoms with Crippen LogP contribution in [0.15, 0.2) is 24.3 Å². The highest BCUT2D eigenvalue weighted by Crippen LogP contribution is 2.06. The maximum absolute atomic E-state index is 11.8. The molecule has 7 nitrogen and oxygen atoms in total. The van der Waals surface area contributed by atoms with Crippen LogP contribution in [0.3, 0.4) is 0 Å². The van der Waals surface area contributed by atoms with Gasteiger partial charge in [-0.05, 0) is 46.1 Å². The highest BCUT2D eigenvalue weighted by molar-refractivity contribution is 5.77. The van der Waals surface area contributed by atoms with Crippen molar-refractivity contribution >= 4 is 17.9 Å². The second-order valence-electron chi connectivity index (χ2n) is 7.72. The molecule has 0 saturated carbocycles. The smallest absolute Gasteiger partial charge is 0.407 e. The van der Waals surface area contributed by atoms with E-state index in [1.807, 2.05) is 31.2 Å². The van der Waals surface area contributed by atoms with Gasteiger partial charge in [-0.1, -0.05) is 29.8 Å². The number of rotatable bonds is 10. The standard InChI is InChI=1S/C21H33N3O4/c1-16-6-8-17(9-7-16)10-11-18(25)22-13-5-14-23-19(26)12-15-24-20(27)28-21(2,3)4/h6-9H,5,10-15H2,1-4H3,(H,22,25)(H,23,26)(H,24,27). The minimum Gasteiger partial charge on any atom is -0.444 e. The van der Waals surface area contributed by atoms with Crippen molar-refractivity contribution in [2.45, 2.75) is 59.0 Å². The first-order chi connectivity index (χ1) is 13.2. The summed E-state index contributed by atoms with van der Waals surface area (Å²) in [5.74, 6) is -0.143. The van der Waals surface area contributed by atoms with Crippen molar-refractivity contribution in [3.05, 3.63) is 35.4 Å². The van der Waals surface area contributed by atoms with Gasteiger partial charge in [0, 0.05) is 32.5 Å². The number of hydrogen-bond donors (Lipinski definition) is 3. The molecular weight excluding hydrogens is 358 g/mol. The van der Waals surface area contributed by atoms with Crippen molar-refractivity contribution < 1.29 is 19.1 Å². The monoisotopic (exact) mass is 391 g/mol. The highest BCUT2D eigenvalue weighted by Gasteiger charge is 2.15. The molecular formula is C21H33N3O4. The van der Waals surface area contributed by atoms with Crippen LogP contribution < -0.4 is 16.0 Å². The zero-order chi connectivity index (χ0) is 21.0. The summed E-state index contributed by atoms with van der Waals surface area (Å²) < 4.78 is 5.09. The van der Waals surface area contributed by atoms with Gasteiger partial charge in [0.25, 0.3) is 0 Å². The Kier molecular flexibility index (Phi) is 10.1. The molecule has 0 bridgehead atoms. The Bertz CT molecular complexity index is 636. The van der Waals surface area contributed by atoms with E-state index in [-0.39, 0.29) is 24.8 Å². The summed E-state index contributed by atoms with van der Waals surface area (Å²) in [5.41, 5.74) is 1.79. The Hall–Kier alpha value is -2.57. The first-order valence-corrected chi connectivity index (χ1v) is 9.71. The predicted molar refractivity (Wildman–Crippen MR) is 109 cm³/mol. The fraction of sp³-hybridized carbons (Fsp3) is 0.571. The molecule has 0 aliphatic rings. The minimum absolute atomic E-state index is 0.00784. The van der Waals surface area contributed by atoms with Gasteiger partial charge < -0.3 is 20.7 Å². The molecule has 0 aliphatic heterocycles. The van der Waals surface area contributed by atoms with Gasteiger partial charge in [0.1, 0.15) is 5.60 Å². The van der Waals surface area contributed by atoms with Crippen molar-refractivity contribution in [3.63, 3.8) is 0 Å². The number of hydrogen-bond acceptors (Lipinski definition) is 4. The fourth-order valence-corrected chi connectivity index (χ4v) is 2.33. The maximum atomic E-state index is 11.8. The molecule has 1 rings (SSSR count). The first-order valence-electron chi connectivity index (χ1n) is 9.71. The topological polar surface area (TPSA) is 96.5 Å².